The summed E-state index contributed by atoms with van der Waals surface area (Å²) in [6.07, 6.45) is 2.89. The summed E-state index contributed by atoms with van der Waals surface area (Å²) < 4.78 is 0. The van der Waals surface area contributed by atoms with E-state index in [1.165, 1.54) is 12.8 Å². The minimum absolute atomic E-state index is 0.427. The van der Waals surface area contributed by atoms with Gasteiger partial charge in [0.2, 0.25) is 5.91 Å². The van der Waals surface area contributed by atoms with Gasteiger partial charge in [0.15, 0.2) is 0 Å². The molecule has 1 aromatic rings. The molecule has 0 unspecified atom stereocenters. The number of carbonyl (C=O) groups is 1. The minimum atomic E-state index is -0.471. The predicted octanol–water partition coefficient (Wildman–Crippen LogP) is 1.25. The minimum Gasteiger partial charge on any atom is -0.398 e. The second-order valence-corrected chi connectivity index (χ2v) is 4.89. The fourth-order valence-electron chi connectivity index (χ4n) is 2.14. The third-order valence-corrected chi connectivity index (χ3v) is 3.38. The van der Waals surface area contributed by atoms with E-state index in [9.17, 15) is 4.79 Å². The second kappa shape index (κ2) is 5.72. The molecule has 5 heteroatoms. The highest BCUT2D eigenvalue weighted by molar-refractivity contribution is 5.93. The average molecular weight is 258 g/mol. The van der Waals surface area contributed by atoms with E-state index in [-0.39, 0.29) is 0 Å². The number of carbonyl (C=O) groups excluding carboxylic acids is 1. The van der Waals surface area contributed by atoms with Crippen LogP contribution >= 0.6 is 0 Å². The van der Waals surface area contributed by atoms with E-state index in [2.05, 4.69) is 11.0 Å². The largest absolute Gasteiger partial charge is 0.398 e. The number of nitriles is 1. The lowest BCUT2D eigenvalue weighted by Crippen LogP contribution is -2.27. The molecular formula is C14H18N4O. The van der Waals surface area contributed by atoms with Gasteiger partial charge < -0.3 is 11.5 Å². The maximum Gasteiger partial charge on any atom is 0.248 e. The molecule has 0 aromatic heterocycles. The van der Waals surface area contributed by atoms with E-state index in [0.29, 0.717) is 23.7 Å². The zero-order valence-electron chi connectivity index (χ0n) is 10.8. The SMILES string of the molecule is N#CCCN(Cc1ccc(C(N)=O)cc1N)C1CC1. The summed E-state index contributed by atoms with van der Waals surface area (Å²) >= 11 is 0. The Morgan fingerprint density at radius 3 is 2.74 bits per heavy atom. The first-order valence-corrected chi connectivity index (χ1v) is 6.41. The number of nitrogen functional groups attached to an aromatic ring is 1. The third-order valence-electron chi connectivity index (χ3n) is 3.38. The lowest BCUT2D eigenvalue weighted by atomic mass is 10.1. The molecule has 1 aromatic carbocycles. The Labute approximate surface area is 112 Å². The van der Waals surface area contributed by atoms with Crippen LogP contribution in [-0.2, 0) is 6.54 Å². The lowest BCUT2D eigenvalue weighted by Gasteiger charge is -2.21. The van der Waals surface area contributed by atoms with Crippen molar-refractivity contribution in [2.75, 3.05) is 12.3 Å². The van der Waals surface area contributed by atoms with Crippen molar-refractivity contribution in [2.24, 2.45) is 5.73 Å². The number of rotatable bonds is 6. The molecule has 19 heavy (non-hydrogen) atoms. The number of anilines is 1. The molecule has 0 bridgehead atoms. The van der Waals surface area contributed by atoms with E-state index in [1.54, 1.807) is 12.1 Å². The number of hydrogen-bond donors (Lipinski definition) is 2. The van der Waals surface area contributed by atoms with Gasteiger partial charge in [-0.15, -0.1) is 0 Å². The summed E-state index contributed by atoms with van der Waals surface area (Å²) in [6, 6.07) is 7.90. The van der Waals surface area contributed by atoms with Crippen LogP contribution in [0.5, 0.6) is 0 Å². The maximum absolute atomic E-state index is 11.1. The van der Waals surface area contributed by atoms with Crippen LogP contribution < -0.4 is 11.5 Å². The standard InChI is InChI=1S/C14H18N4O/c15-6-1-7-18(12-4-5-12)9-11-3-2-10(14(17)19)8-13(11)16/h2-3,8,12H,1,4-5,7,9,16H2,(H2,17,19). The molecule has 4 N–H and O–H groups in total. The van der Waals surface area contributed by atoms with Crippen molar-refractivity contribution < 1.29 is 4.79 Å². The molecule has 0 atom stereocenters. The Morgan fingerprint density at radius 1 is 1.47 bits per heavy atom. The zero-order chi connectivity index (χ0) is 13.8. The number of amides is 1. The van der Waals surface area contributed by atoms with Crippen LogP contribution in [0.2, 0.25) is 0 Å². The summed E-state index contributed by atoms with van der Waals surface area (Å²) in [4.78, 5) is 13.3. The number of nitrogens with zero attached hydrogens (tertiary/aromatic N) is 2. The monoisotopic (exact) mass is 258 g/mol. The summed E-state index contributed by atoms with van der Waals surface area (Å²) in [5.74, 6) is -0.471. The lowest BCUT2D eigenvalue weighted by molar-refractivity contribution is 0.100. The Bertz CT molecular complexity index is 517. The van der Waals surface area contributed by atoms with Gasteiger partial charge >= 0.3 is 0 Å². The van der Waals surface area contributed by atoms with Gasteiger partial charge in [0.1, 0.15) is 0 Å². The van der Waals surface area contributed by atoms with Crippen LogP contribution in [0.3, 0.4) is 0 Å². The van der Waals surface area contributed by atoms with Crippen molar-refractivity contribution in [1.82, 2.24) is 4.90 Å². The first-order valence-electron chi connectivity index (χ1n) is 6.41. The summed E-state index contributed by atoms with van der Waals surface area (Å²) in [7, 11) is 0. The Hall–Kier alpha value is -2.06. The zero-order valence-corrected chi connectivity index (χ0v) is 10.8. The van der Waals surface area contributed by atoms with Gasteiger partial charge in [-0.25, -0.2) is 0 Å². The van der Waals surface area contributed by atoms with E-state index >= 15 is 0 Å². The Kier molecular flexibility index (Phi) is 4.03. The number of benzene rings is 1. The molecule has 0 heterocycles. The van der Waals surface area contributed by atoms with E-state index in [1.807, 2.05) is 6.07 Å². The van der Waals surface area contributed by atoms with Crippen molar-refractivity contribution in [3.8, 4) is 6.07 Å². The molecule has 5 nitrogen and oxygen atoms in total. The first kappa shape index (κ1) is 13.4. The molecule has 1 saturated carbocycles. The van der Waals surface area contributed by atoms with Gasteiger partial charge in [0.05, 0.1) is 6.07 Å². The van der Waals surface area contributed by atoms with Crippen LogP contribution in [0.15, 0.2) is 18.2 Å². The smallest absolute Gasteiger partial charge is 0.248 e. The maximum atomic E-state index is 11.1. The summed E-state index contributed by atoms with van der Waals surface area (Å²) in [5.41, 5.74) is 13.2. The first-order chi connectivity index (χ1) is 9.11. The van der Waals surface area contributed by atoms with Gasteiger partial charge in [0.25, 0.3) is 0 Å². The van der Waals surface area contributed by atoms with E-state index in [4.69, 9.17) is 16.7 Å². The molecule has 1 fully saturated rings. The molecule has 0 saturated heterocycles. The fourth-order valence-corrected chi connectivity index (χ4v) is 2.14. The number of nitrogens with two attached hydrogens (primary N) is 2. The molecule has 1 aliphatic carbocycles. The Balaban J connectivity index is 2.08. The summed E-state index contributed by atoms with van der Waals surface area (Å²) in [5, 5.41) is 8.68. The average Bonchev–Trinajstić information content (AvgIpc) is 3.20. The highest BCUT2D eigenvalue weighted by Gasteiger charge is 2.28. The van der Waals surface area contributed by atoms with Crippen LogP contribution in [0.4, 0.5) is 5.69 Å². The molecule has 1 aliphatic rings. The summed E-state index contributed by atoms with van der Waals surface area (Å²) in [6.45, 7) is 1.48. The van der Waals surface area contributed by atoms with Crippen molar-refractivity contribution >= 4 is 11.6 Å². The highest BCUT2D eigenvalue weighted by atomic mass is 16.1. The van der Waals surface area contributed by atoms with Gasteiger partial charge in [0, 0.05) is 36.8 Å². The predicted molar refractivity (Wildman–Crippen MR) is 73.0 cm³/mol. The normalized spacial score (nSPS) is 14.3. The van der Waals surface area contributed by atoms with E-state index < -0.39 is 5.91 Å². The molecule has 2 rings (SSSR count). The molecule has 1 amide bonds. The van der Waals surface area contributed by atoms with Gasteiger partial charge in [-0.3, -0.25) is 9.69 Å². The molecule has 0 aliphatic heterocycles. The topological polar surface area (TPSA) is 96.1 Å². The van der Waals surface area contributed by atoms with Gasteiger partial charge in [-0.05, 0) is 30.5 Å². The third kappa shape index (κ3) is 3.46. The molecule has 0 radical (unpaired) electrons. The van der Waals surface area contributed by atoms with Crippen molar-refractivity contribution in [2.45, 2.75) is 31.8 Å². The highest BCUT2D eigenvalue weighted by Crippen LogP contribution is 2.29. The van der Waals surface area contributed by atoms with Crippen LogP contribution in [0, 0.1) is 11.3 Å². The molecular weight excluding hydrogens is 240 g/mol. The van der Waals surface area contributed by atoms with E-state index in [0.717, 1.165) is 18.7 Å². The van der Waals surface area contributed by atoms with Crippen molar-refractivity contribution in [3.05, 3.63) is 29.3 Å². The molecule has 100 valence electrons. The number of hydrogen-bond acceptors (Lipinski definition) is 4. The van der Waals surface area contributed by atoms with Crippen LogP contribution in [-0.4, -0.2) is 23.4 Å². The fraction of sp³-hybridized carbons (Fsp3) is 0.429. The van der Waals surface area contributed by atoms with Crippen LogP contribution in [0.1, 0.15) is 35.2 Å². The number of primary amides is 1. The quantitative estimate of drug-likeness (QED) is 0.750. The second-order valence-electron chi connectivity index (χ2n) is 4.89. The van der Waals surface area contributed by atoms with Crippen LogP contribution in [0.25, 0.3) is 0 Å². The van der Waals surface area contributed by atoms with Crippen molar-refractivity contribution in [1.29, 1.82) is 5.26 Å². The van der Waals surface area contributed by atoms with Crippen molar-refractivity contribution in [3.63, 3.8) is 0 Å². The van der Waals surface area contributed by atoms with Gasteiger partial charge in [-0.1, -0.05) is 6.07 Å². The Morgan fingerprint density at radius 2 is 2.21 bits per heavy atom. The molecule has 0 spiro atoms. The van der Waals surface area contributed by atoms with Gasteiger partial charge in [-0.2, -0.15) is 5.26 Å².